The Morgan fingerprint density at radius 2 is 2.11 bits per heavy atom. The Hall–Kier alpha value is -2.48. The minimum atomic E-state index is -1.18. The summed E-state index contributed by atoms with van der Waals surface area (Å²) >= 11 is 0.924. The van der Waals surface area contributed by atoms with E-state index >= 15 is 0 Å². The molecule has 0 radical (unpaired) electrons. The average Bonchev–Trinajstić information content (AvgIpc) is 2.39. The van der Waals surface area contributed by atoms with Gasteiger partial charge < -0.3 is 5.11 Å². The number of hydrogen-bond donors (Lipinski definition) is 1. The molecule has 0 saturated heterocycles. The SMILES string of the molecule is O=C(O)c1cncnc1Sc1ccccc1[N+](=O)[O-]. The fourth-order valence-electron chi connectivity index (χ4n) is 1.34. The zero-order chi connectivity index (χ0) is 13.8. The lowest BCUT2D eigenvalue weighted by Gasteiger charge is -2.04. The van der Waals surface area contributed by atoms with Crippen molar-refractivity contribution in [3.8, 4) is 0 Å². The molecule has 0 fully saturated rings. The van der Waals surface area contributed by atoms with Gasteiger partial charge >= 0.3 is 5.97 Å². The number of carboxylic acid groups (broad SMARTS) is 1. The van der Waals surface area contributed by atoms with Crippen LogP contribution in [-0.2, 0) is 0 Å². The van der Waals surface area contributed by atoms with E-state index in [0.717, 1.165) is 18.0 Å². The van der Waals surface area contributed by atoms with Crippen molar-refractivity contribution in [2.45, 2.75) is 9.92 Å². The molecule has 0 bridgehead atoms. The molecule has 0 unspecified atom stereocenters. The summed E-state index contributed by atoms with van der Waals surface area (Å²) in [5.74, 6) is -1.18. The highest BCUT2D eigenvalue weighted by atomic mass is 32.2. The molecule has 0 atom stereocenters. The Bertz CT molecular complexity index is 592. The number of hydrogen-bond acceptors (Lipinski definition) is 6. The minimum absolute atomic E-state index is 0.0920. The monoisotopic (exact) mass is 277 g/mol. The minimum Gasteiger partial charge on any atom is -0.478 e. The highest BCUT2D eigenvalue weighted by Gasteiger charge is 2.18. The van der Waals surface area contributed by atoms with Crippen molar-refractivity contribution in [3.63, 3.8) is 0 Å². The number of carbonyl (C=O) groups is 1. The number of nitrogens with zero attached hydrogens (tertiary/aromatic N) is 3. The maximum Gasteiger partial charge on any atom is 0.340 e. The maximum atomic E-state index is 11.0. The molecule has 1 aromatic carbocycles. The standard InChI is InChI=1S/C11H7N3O4S/c15-11(16)7-5-12-6-13-10(7)19-9-4-2-1-3-8(9)14(17)18/h1-6H,(H,15,16). The van der Waals surface area contributed by atoms with Crippen LogP contribution >= 0.6 is 11.8 Å². The second-order valence-electron chi connectivity index (χ2n) is 3.37. The predicted molar refractivity (Wildman–Crippen MR) is 66.2 cm³/mol. The number of aromatic carboxylic acids is 1. The van der Waals surface area contributed by atoms with Gasteiger partial charge in [-0.05, 0) is 6.07 Å². The van der Waals surface area contributed by atoms with Crippen LogP contribution in [0.1, 0.15) is 10.4 Å². The average molecular weight is 277 g/mol. The molecule has 0 amide bonds. The Kier molecular flexibility index (Phi) is 3.71. The van der Waals surface area contributed by atoms with E-state index in [1.807, 2.05) is 0 Å². The van der Waals surface area contributed by atoms with Crippen molar-refractivity contribution in [1.29, 1.82) is 0 Å². The molecule has 1 aromatic heterocycles. The van der Waals surface area contributed by atoms with E-state index in [4.69, 9.17) is 5.11 Å². The summed E-state index contributed by atoms with van der Waals surface area (Å²) in [6, 6.07) is 6.07. The summed E-state index contributed by atoms with van der Waals surface area (Å²) < 4.78 is 0. The lowest BCUT2D eigenvalue weighted by Crippen LogP contribution is -2.01. The van der Waals surface area contributed by atoms with Crippen LogP contribution in [0.4, 0.5) is 5.69 Å². The van der Waals surface area contributed by atoms with Gasteiger partial charge in [0, 0.05) is 12.3 Å². The quantitative estimate of drug-likeness (QED) is 0.518. The van der Waals surface area contributed by atoms with E-state index in [0.29, 0.717) is 4.90 Å². The van der Waals surface area contributed by atoms with E-state index < -0.39 is 10.9 Å². The highest BCUT2D eigenvalue weighted by Crippen LogP contribution is 2.34. The second kappa shape index (κ2) is 5.44. The van der Waals surface area contributed by atoms with Crippen LogP contribution < -0.4 is 0 Å². The van der Waals surface area contributed by atoms with Crippen molar-refractivity contribution in [3.05, 3.63) is 52.5 Å². The Morgan fingerprint density at radius 1 is 1.37 bits per heavy atom. The van der Waals surface area contributed by atoms with Crippen LogP contribution in [-0.4, -0.2) is 26.0 Å². The molecule has 0 aliphatic heterocycles. The fraction of sp³-hybridized carbons (Fsp3) is 0. The largest absolute Gasteiger partial charge is 0.478 e. The Labute approximate surface area is 111 Å². The van der Waals surface area contributed by atoms with Crippen LogP contribution in [0.3, 0.4) is 0 Å². The van der Waals surface area contributed by atoms with Gasteiger partial charge in [0.05, 0.1) is 9.82 Å². The number of benzene rings is 1. The fourth-order valence-corrected chi connectivity index (χ4v) is 2.30. The van der Waals surface area contributed by atoms with Crippen LogP contribution in [0.15, 0.2) is 46.7 Å². The van der Waals surface area contributed by atoms with Gasteiger partial charge in [0.1, 0.15) is 16.9 Å². The number of rotatable bonds is 4. The molecular formula is C11H7N3O4S. The molecule has 96 valence electrons. The molecule has 7 nitrogen and oxygen atoms in total. The number of nitro benzene ring substituents is 1. The van der Waals surface area contributed by atoms with Crippen molar-refractivity contribution in [2.24, 2.45) is 0 Å². The first-order valence-electron chi connectivity index (χ1n) is 5.04. The smallest absolute Gasteiger partial charge is 0.340 e. The molecule has 2 aromatic rings. The zero-order valence-corrected chi connectivity index (χ0v) is 10.2. The maximum absolute atomic E-state index is 11.0. The molecule has 19 heavy (non-hydrogen) atoms. The van der Waals surface area contributed by atoms with E-state index in [2.05, 4.69) is 9.97 Å². The summed E-state index contributed by atoms with van der Waals surface area (Å²) in [6.45, 7) is 0. The molecule has 0 spiro atoms. The topological polar surface area (TPSA) is 106 Å². The van der Waals surface area contributed by atoms with Gasteiger partial charge in [0.2, 0.25) is 0 Å². The van der Waals surface area contributed by atoms with Crippen molar-refractivity contribution < 1.29 is 14.8 Å². The van der Waals surface area contributed by atoms with Gasteiger partial charge in [-0.15, -0.1) is 0 Å². The van der Waals surface area contributed by atoms with Crippen molar-refractivity contribution in [1.82, 2.24) is 9.97 Å². The van der Waals surface area contributed by atoms with Gasteiger partial charge in [0.15, 0.2) is 0 Å². The first-order valence-corrected chi connectivity index (χ1v) is 5.86. The zero-order valence-electron chi connectivity index (χ0n) is 9.39. The third-order valence-corrected chi connectivity index (χ3v) is 3.26. The number of carboxylic acids is 1. The predicted octanol–water partition coefficient (Wildman–Crippen LogP) is 2.23. The third kappa shape index (κ3) is 2.86. The van der Waals surface area contributed by atoms with E-state index in [-0.39, 0.29) is 16.3 Å². The Balaban J connectivity index is 2.42. The summed E-state index contributed by atoms with van der Waals surface area (Å²) in [6.07, 6.45) is 2.36. The van der Waals surface area contributed by atoms with E-state index in [9.17, 15) is 14.9 Å². The van der Waals surface area contributed by atoms with Crippen molar-refractivity contribution >= 4 is 23.4 Å². The Morgan fingerprint density at radius 3 is 2.79 bits per heavy atom. The summed E-state index contributed by atoms with van der Waals surface area (Å²) in [7, 11) is 0. The normalized spacial score (nSPS) is 10.1. The summed E-state index contributed by atoms with van der Waals surface area (Å²) in [4.78, 5) is 29.2. The van der Waals surface area contributed by atoms with Crippen LogP contribution in [0.5, 0.6) is 0 Å². The third-order valence-electron chi connectivity index (χ3n) is 2.17. The van der Waals surface area contributed by atoms with E-state index in [1.54, 1.807) is 12.1 Å². The second-order valence-corrected chi connectivity index (χ2v) is 4.40. The van der Waals surface area contributed by atoms with Crippen LogP contribution in [0.2, 0.25) is 0 Å². The van der Waals surface area contributed by atoms with Gasteiger partial charge in [-0.3, -0.25) is 10.1 Å². The number of nitro groups is 1. The molecule has 0 aliphatic rings. The summed E-state index contributed by atoms with van der Waals surface area (Å²) in [5, 5.41) is 20.0. The molecule has 0 aliphatic carbocycles. The number of para-hydroxylation sites is 1. The number of aromatic nitrogens is 2. The van der Waals surface area contributed by atoms with Gasteiger partial charge in [-0.2, -0.15) is 0 Å². The first-order chi connectivity index (χ1) is 9.09. The molecule has 1 heterocycles. The molecule has 8 heteroatoms. The van der Waals surface area contributed by atoms with Crippen LogP contribution in [0.25, 0.3) is 0 Å². The highest BCUT2D eigenvalue weighted by molar-refractivity contribution is 7.99. The molecule has 0 saturated carbocycles. The first kappa shape index (κ1) is 13.0. The molecular weight excluding hydrogens is 270 g/mol. The molecule has 1 N–H and O–H groups in total. The van der Waals surface area contributed by atoms with Gasteiger partial charge in [0.25, 0.3) is 5.69 Å². The van der Waals surface area contributed by atoms with Gasteiger partial charge in [-0.1, -0.05) is 23.9 Å². The van der Waals surface area contributed by atoms with Gasteiger partial charge in [-0.25, -0.2) is 14.8 Å². The van der Waals surface area contributed by atoms with Crippen LogP contribution in [0, 0.1) is 10.1 Å². The van der Waals surface area contributed by atoms with Crippen molar-refractivity contribution in [2.75, 3.05) is 0 Å². The lowest BCUT2D eigenvalue weighted by molar-refractivity contribution is -0.387. The molecule has 2 rings (SSSR count). The van der Waals surface area contributed by atoms with E-state index in [1.165, 1.54) is 18.5 Å². The summed E-state index contributed by atoms with van der Waals surface area (Å²) in [5.41, 5.74) is -0.187. The lowest BCUT2D eigenvalue weighted by atomic mass is 10.3.